The average Bonchev–Trinajstić information content (AvgIpc) is 3.22. The fourth-order valence-corrected chi connectivity index (χ4v) is 5.42. The maximum absolute atomic E-state index is 6.43. The van der Waals surface area contributed by atoms with Crippen molar-refractivity contribution in [3.05, 3.63) is 64.8 Å². The number of pyridine rings is 1. The van der Waals surface area contributed by atoms with Crippen molar-refractivity contribution in [3.63, 3.8) is 0 Å². The molecule has 0 spiro atoms. The van der Waals surface area contributed by atoms with Gasteiger partial charge < -0.3 is 15.2 Å². The molecule has 0 saturated carbocycles. The van der Waals surface area contributed by atoms with E-state index in [1.807, 2.05) is 36.4 Å². The van der Waals surface area contributed by atoms with Crippen LogP contribution < -0.4 is 15.2 Å². The van der Waals surface area contributed by atoms with Crippen LogP contribution in [0.1, 0.15) is 28.8 Å². The lowest BCUT2D eigenvalue weighted by molar-refractivity contribution is 0.280. The van der Waals surface area contributed by atoms with E-state index in [0.717, 1.165) is 46.4 Å². The summed E-state index contributed by atoms with van der Waals surface area (Å²) in [6.45, 7) is 0.387. The largest absolute Gasteiger partial charge is 0.497 e. The molecule has 164 valence electrons. The summed E-state index contributed by atoms with van der Waals surface area (Å²) in [6, 6.07) is 11.7. The van der Waals surface area contributed by atoms with Gasteiger partial charge in [0.15, 0.2) is 5.82 Å². The number of hydrogen-bond acceptors (Lipinski definition) is 7. The molecule has 1 atom stereocenters. The molecule has 7 heteroatoms. The van der Waals surface area contributed by atoms with Crippen molar-refractivity contribution in [3.8, 4) is 23.0 Å². The number of rotatable bonds is 7. The lowest BCUT2D eigenvalue weighted by atomic mass is 9.97. The summed E-state index contributed by atoms with van der Waals surface area (Å²) in [4.78, 5) is 16.2. The smallest absolute Gasteiger partial charge is 0.226 e. The van der Waals surface area contributed by atoms with Crippen molar-refractivity contribution in [1.29, 1.82) is 0 Å². The maximum Gasteiger partial charge on any atom is 0.226 e. The highest BCUT2D eigenvalue weighted by molar-refractivity contribution is 7.18. The summed E-state index contributed by atoms with van der Waals surface area (Å²) in [5, 5.41) is 1.07. The predicted octanol–water partition coefficient (Wildman–Crippen LogP) is 4.59. The van der Waals surface area contributed by atoms with E-state index in [4.69, 9.17) is 25.2 Å². The molecule has 6 nitrogen and oxygen atoms in total. The van der Waals surface area contributed by atoms with Crippen LogP contribution in [0.2, 0.25) is 0 Å². The first-order valence-electron chi connectivity index (χ1n) is 11.0. The molecular weight excluding hydrogens is 420 g/mol. The van der Waals surface area contributed by atoms with Crippen LogP contribution in [0, 0.1) is 0 Å². The van der Waals surface area contributed by atoms with Gasteiger partial charge in [-0.05, 0) is 67.5 Å². The van der Waals surface area contributed by atoms with Gasteiger partial charge in [0.05, 0.1) is 12.5 Å². The highest BCUT2D eigenvalue weighted by Crippen LogP contribution is 2.40. The molecule has 1 aromatic carbocycles. The fourth-order valence-electron chi connectivity index (χ4n) is 4.17. The minimum atomic E-state index is -0.146. The number of aromatic nitrogens is 3. The third-order valence-corrected chi connectivity index (χ3v) is 7.00. The monoisotopic (exact) mass is 446 g/mol. The zero-order valence-electron chi connectivity index (χ0n) is 18.1. The van der Waals surface area contributed by atoms with Gasteiger partial charge in [0.1, 0.15) is 17.2 Å². The van der Waals surface area contributed by atoms with Crippen LogP contribution in [-0.2, 0) is 19.3 Å². The lowest BCUT2D eigenvalue weighted by Crippen LogP contribution is -2.30. The molecule has 0 saturated heterocycles. The summed E-state index contributed by atoms with van der Waals surface area (Å²) in [6.07, 6.45) is 8.83. The molecule has 3 aromatic heterocycles. The number of ether oxygens (including phenoxy) is 2. The Hall–Kier alpha value is -3.03. The molecule has 0 fully saturated rings. The van der Waals surface area contributed by atoms with Crippen molar-refractivity contribution < 1.29 is 9.47 Å². The molecule has 0 amide bonds. The Morgan fingerprint density at radius 2 is 1.81 bits per heavy atom. The first kappa shape index (κ1) is 20.8. The van der Waals surface area contributed by atoms with Crippen molar-refractivity contribution in [2.75, 3.05) is 13.7 Å². The molecule has 0 aliphatic heterocycles. The number of aryl methyl sites for hydroxylation is 2. The third-order valence-electron chi connectivity index (χ3n) is 5.81. The van der Waals surface area contributed by atoms with E-state index in [-0.39, 0.29) is 6.04 Å². The second kappa shape index (κ2) is 9.22. The quantitative estimate of drug-likeness (QED) is 0.447. The number of methoxy groups -OCH3 is 1. The minimum absolute atomic E-state index is 0.146. The highest BCUT2D eigenvalue weighted by Gasteiger charge is 2.23. The van der Waals surface area contributed by atoms with Crippen molar-refractivity contribution in [2.45, 2.75) is 38.1 Å². The number of fused-ring (bicyclic) bond motifs is 3. The molecule has 5 rings (SSSR count). The van der Waals surface area contributed by atoms with Gasteiger partial charge in [0.25, 0.3) is 0 Å². The molecule has 32 heavy (non-hydrogen) atoms. The molecule has 2 N–H and O–H groups in total. The normalized spacial score (nSPS) is 14.2. The highest BCUT2D eigenvalue weighted by atomic mass is 32.1. The third kappa shape index (κ3) is 4.31. The van der Waals surface area contributed by atoms with Crippen LogP contribution in [0.4, 0.5) is 0 Å². The van der Waals surface area contributed by atoms with Gasteiger partial charge in [0, 0.05) is 28.9 Å². The minimum Gasteiger partial charge on any atom is -0.497 e. The Labute approximate surface area is 191 Å². The zero-order chi connectivity index (χ0) is 21.9. The Kier molecular flexibility index (Phi) is 6.01. The van der Waals surface area contributed by atoms with E-state index < -0.39 is 0 Å². The summed E-state index contributed by atoms with van der Waals surface area (Å²) in [5.41, 5.74) is 9.87. The standard InChI is InChI=1S/C25H26N4O2S/c1-30-19-8-6-16(7-9-19)14-18(26)15-31-24-22-20-4-2-3-5-21(20)32-25(22)29-23(28-24)17-10-12-27-13-11-17/h6-13,18H,2-5,14-15,26H2,1H3/t18-/m0/s1. The van der Waals surface area contributed by atoms with Crippen LogP contribution in [0.15, 0.2) is 48.8 Å². The average molecular weight is 447 g/mol. The SMILES string of the molecule is COc1ccc(C[C@H](N)COc2nc(-c3ccncc3)nc3sc4c(c23)CCCC4)cc1. The molecular formula is C25H26N4O2S. The molecule has 3 heterocycles. The molecule has 0 bridgehead atoms. The number of thiophene rings is 1. The second-order valence-corrected chi connectivity index (χ2v) is 9.19. The van der Waals surface area contributed by atoms with Gasteiger partial charge in [-0.3, -0.25) is 4.98 Å². The van der Waals surface area contributed by atoms with Crippen LogP contribution in [0.25, 0.3) is 21.6 Å². The molecule has 1 aliphatic rings. The van der Waals surface area contributed by atoms with Gasteiger partial charge in [-0.2, -0.15) is 4.98 Å². The van der Waals surface area contributed by atoms with Gasteiger partial charge in [-0.1, -0.05) is 12.1 Å². The van der Waals surface area contributed by atoms with Crippen LogP contribution in [0.3, 0.4) is 0 Å². The maximum atomic E-state index is 6.43. The zero-order valence-corrected chi connectivity index (χ0v) is 18.9. The molecule has 0 radical (unpaired) electrons. The Morgan fingerprint density at radius 3 is 2.59 bits per heavy atom. The fraction of sp³-hybridized carbons (Fsp3) is 0.320. The number of benzene rings is 1. The second-order valence-electron chi connectivity index (χ2n) is 8.10. The van der Waals surface area contributed by atoms with Crippen molar-refractivity contribution in [1.82, 2.24) is 15.0 Å². The summed E-state index contributed by atoms with van der Waals surface area (Å²) >= 11 is 1.77. The van der Waals surface area contributed by atoms with Crippen LogP contribution in [0.5, 0.6) is 11.6 Å². The lowest BCUT2D eigenvalue weighted by Gasteiger charge is -2.16. The molecule has 0 unspecified atom stereocenters. The topological polar surface area (TPSA) is 83.2 Å². The summed E-state index contributed by atoms with van der Waals surface area (Å²) in [7, 11) is 1.67. The Balaban J connectivity index is 1.42. The van der Waals surface area contributed by atoms with Gasteiger partial charge in [-0.25, -0.2) is 4.98 Å². The van der Waals surface area contributed by atoms with Crippen LogP contribution in [-0.4, -0.2) is 34.7 Å². The van der Waals surface area contributed by atoms with Gasteiger partial charge in [0.2, 0.25) is 5.88 Å². The Bertz CT molecular complexity index is 1210. The first-order chi connectivity index (χ1) is 15.7. The van der Waals surface area contributed by atoms with E-state index in [0.29, 0.717) is 18.3 Å². The number of nitrogens with zero attached hydrogens (tertiary/aromatic N) is 3. The number of hydrogen-bond donors (Lipinski definition) is 1. The molecule has 4 aromatic rings. The number of nitrogens with two attached hydrogens (primary N) is 1. The van der Waals surface area contributed by atoms with E-state index in [1.165, 1.54) is 23.3 Å². The molecule has 1 aliphatic carbocycles. The van der Waals surface area contributed by atoms with Crippen LogP contribution >= 0.6 is 11.3 Å². The summed E-state index contributed by atoms with van der Waals surface area (Å²) < 4.78 is 11.5. The first-order valence-corrected chi connectivity index (χ1v) is 11.8. The van der Waals surface area contributed by atoms with Gasteiger partial charge >= 0.3 is 0 Å². The van der Waals surface area contributed by atoms with E-state index >= 15 is 0 Å². The van der Waals surface area contributed by atoms with Crippen molar-refractivity contribution >= 4 is 21.6 Å². The van der Waals surface area contributed by atoms with E-state index in [9.17, 15) is 0 Å². The van der Waals surface area contributed by atoms with E-state index in [1.54, 1.807) is 30.8 Å². The van der Waals surface area contributed by atoms with Crippen molar-refractivity contribution in [2.24, 2.45) is 5.73 Å². The van der Waals surface area contributed by atoms with E-state index in [2.05, 4.69) is 4.98 Å². The summed E-state index contributed by atoms with van der Waals surface area (Å²) in [5.74, 6) is 2.15. The van der Waals surface area contributed by atoms with Gasteiger partial charge in [-0.15, -0.1) is 11.3 Å². The predicted molar refractivity (Wildman–Crippen MR) is 127 cm³/mol. The Morgan fingerprint density at radius 1 is 1.03 bits per heavy atom.